The van der Waals surface area contributed by atoms with Gasteiger partial charge < -0.3 is 10.0 Å². The van der Waals surface area contributed by atoms with E-state index >= 15 is 0 Å². The topological polar surface area (TPSA) is 43.8 Å². The van der Waals surface area contributed by atoms with E-state index < -0.39 is 0 Å². The van der Waals surface area contributed by atoms with E-state index in [1.165, 1.54) is 0 Å². The Balaban J connectivity index is 2.38. The summed E-state index contributed by atoms with van der Waals surface area (Å²) < 4.78 is 0. The zero-order valence-corrected chi connectivity index (χ0v) is 11.1. The average molecular weight is 252 g/mol. The van der Waals surface area contributed by atoms with Crippen LogP contribution in [0.15, 0.2) is 25.3 Å². The molecule has 18 heavy (non-hydrogen) atoms. The minimum absolute atomic E-state index is 0.124. The van der Waals surface area contributed by atoms with Crippen LogP contribution >= 0.6 is 0 Å². The zero-order valence-electron chi connectivity index (χ0n) is 11.1. The van der Waals surface area contributed by atoms with Gasteiger partial charge in [-0.3, -0.25) is 9.69 Å². The number of nitrogens with zero attached hydrogens (tertiary/aromatic N) is 2. The summed E-state index contributed by atoms with van der Waals surface area (Å²) in [7, 11) is 0. The van der Waals surface area contributed by atoms with E-state index in [0.717, 1.165) is 25.9 Å². The van der Waals surface area contributed by atoms with E-state index in [4.69, 9.17) is 5.11 Å². The predicted molar refractivity (Wildman–Crippen MR) is 73.2 cm³/mol. The van der Waals surface area contributed by atoms with Crippen LogP contribution in [0.25, 0.3) is 0 Å². The number of rotatable bonds is 8. The van der Waals surface area contributed by atoms with Crippen molar-refractivity contribution in [2.45, 2.75) is 12.8 Å². The van der Waals surface area contributed by atoms with Gasteiger partial charge in [0.15, 0.2) is 0 Å². The third kappa shape index (κ3) is 4.63. The van der Waals surface area contributed by atoms with Gasteiger partial charge in [-0.1, -0.05) is 12.2 Å². The standard InChI is InChI=1S/C14H24N2O2/c1-3-7-16(8-4-2)14(18)12-15-9-5-13(11-15)6-10-17/h3-4,13,17H,1-2,5-12H2. The molecule has 1 amide bonds. The normalized spacial score (nSPS) is 19.7. The first-order valence-electron chi connectivity index (χ1n) is 6.54. The van der Waals surface area contributed by atoms with Crippen LogP contribution in [0.4, 0.5) is 0 Å². The molecule has 0 spiro atoms. The summed E-state index contributed by atoms with van der Waals surface area (Å²) in [6.45, 7) is 11.0. The van der Waals surface area contributed by atoms with Crippen molar-refractivity contribution in [2.24, 2.45) is 5.92 Å². The first-order valence-corrected chi connectivity index (χ1v) is 6.54. The molecule has 1 fully saturated rings. The van der Waals surface area contributed by atoms with Crippen molar-refractivity contribution in [3.63, 3.8) is 0 Å². The maximum absolute atomic E-state index is 12.1. The van der Waals surface area contributed by atoms with Crippen molar-refractivity contribution in [1.82, 2.24) is 9.80 Å². The molecule has 0 aromatic carbocycles. The van der Waals surface area contributed by atoms with Crippen LogP contribution in [0.2, 0.25) is 0 Å². The number of aliphatic hydroxyl groups excluding tert-OH is 1. The average Bonchev–Trinajstić information content (AvgIpc) is 2.77. The molecule has 1 unspecified atom stereocenters. The summed E-state index contributed by atoms with van der Waals surface area (Å²) in [6, 6.07) is 0. The lowest BCUT2D eigenvalue weighted by atomic mass is 10.1. The van der Waals surface area contributed by atoms with Crippen LogP contribution in [-0.2, 0) is 4.79 Å². The quantitative estimate of drug-likeness (QED) is 0.653. The summed E-state index contributed by atoms with van der Waals surface area (Å²) in [5.74, 6) is 0.662. The minimum atomic E-state index is 0.124. The summed E-state index contributed by atoms with van der Waals surface area (Å²) in [5, 5.41) is 8.91. The molecule has 1 aliphatic heterocycles. The molecule has 0 radical (unpaired) electrons. The van der Waals surface area contributed by atoms with Gasteiger partial charge >= 0.3 is 0 Å². The second-order valence-electron chi connectivity index (χ2n) is 4.78. The van der Waals surface area contributed by atoms with Crippen molar-refractivity contribution in [3.8, 4) is 0 Å². The van der Waals surface area contributed by atoms with Crippen molar-refractivity contribution >= 4 is 5.91 Å². The Morgan fingerprint density at radius 2 is 2.06 bits per heavy atom. The van der Waals surface area contributed by atoms with Crippen LogP contribution in [-0.4, -0.2) is 60.1 Å². The number of hydrogen-bond acceptors (Lipinski definition) is 3. The third-order valence-corrected chi connectivity index (χ3v) is 3.32. The molecule has 1 atom stereocenters. The smallest absolute Gasteiger partial charge is 0.237 e. The Hall–Kier alpha value is -1.13. The fraction of sp³-hybridized carbons (Fsp3) is 0.643. The van der Waals surface area contributed by atoms with Crippen molar-refractivity contribution in [3.05, 3.63) is 25.3 Å². The number of hydrogen-bond donors (Lipinski definition) is 1. The number of likely N-dealkylation sites (tertiary alicyclic amines) is 1. The first-order chi connectivity index (χ1) is 8.71. The van der Waals surface area contributed by atoms with E-state index in [9.17, 15) is 4.79 Å². The van der Waals surface area contributed by atoms with E-state index in [0.29, 0.717) is 25.6 Å². The van der Waals surface area contributed by atoms with Gasteiger partial charge in [-0.2, -0.15) is 0 Å². The highest BCUT2D eigenvalue weighted by Gasteiger charge is 2.24. The van der Waals surface area contributed by atoms with Gasteiger partial charge in [0.25, 0.3) is 0 Å². The fourth-order valence-corrected chi connectivity index (χ4v) is 2.36. The first kappa shape index (κ1) is 14.9. The third-order valence-electron chi connectivity index (χ3n) is 3.32. The number of carbonyl (C=O) groups is 1. The second kappa shape index (κ2) is 8.06. The molecule has 0 aromatic heterocycles. The molecule has 1 heterocycles. The van der Waals surface area contributed by atoms with E-state index in [1.807, 2.05) is 0 Å². The SMILES string of the molecule is C=CCN(CC=C)C(=O)CN1CCC(CCO)C1. The van der Waals surface area contributed by atoms with Crippen LogP contribution in [0.1, 0.15) is 12.8 Å². The number of amides is 1. The second-order valence-corrected chi connectivity index (χ2v) is 4.78. The Labute approximate surface area is 110 Å². The molecule has 0 bridgehead atoms. The Morgan fingerprint density at radius 3 is 2.61 bits per heavy atom. The fourth-order valence-electron chi connectivity index (χ4n) is 2.36. The molecule has 0 aromatic rings. The molecule has 4 heteroatoms. The molecule has 1 aliphatic rings. The predicted octanol–water partition coefficient (Wildman–Crippen LogP) is 0.891. The van der Waals surface area contributed by atoms with Crippen LogP contribution in [0, 0.1) is 5.92 Å². The van der Waals surface area contributed by atoms with Gasteiger partial charge in [0.1, 0.15) is 0 Å². The molecular weight excluding hydrogens is 228 g/mol. The van der Waals surface area contributed by atoms with Gasteiger partial charge in [0.2, 0.25) is 5.91 Å². The highest BCUT2D eigenvalue weighted by molar-refractivity contribution is 5.78. The maximum Gasteiger partial charge on any atom is 0.237 e. The van der Waals surface area contributed by atoms with Gasteiger partial charge in [-0.05, 0) is 25.3 Å². The molecule has 102 valence electrons. The van der Waals surface area contributed by atoms with Gasteiger partial charge in [0.05, 0.1) is 6.54 Å². The zero-order chi connectivity index (χ0) is 13.4. The van der Waals surface area contributed by atoms with Gasteiger partial charge in [-0.25, -0.2) is 0 Å². The summed E-state index contributed by atoms with van der Waals surface area (Å²) in [5.41, 5.74) is 0. The largest absolute Gasteiger partial charge is 0.396 e. The summed E-state index contributed by atoms with van der Waals surface area (Å²) in [6.07, 6.45) is 5.39. The number of carbonyl (C=O) groups excluding carboxylic acids is 1. The lowest BCUT2D eigenvalue weighted by Gasteiger charge is -2.23. The van der Waals surface area contributed by atoms with Crippen molar-refractivity contribution < 1.29 is 9.90 Å². The highest BCUT2D eigenvalue weighted by Crippen LogP contribution is 2.18. The molecule has 0 saturated carbocycles. The lowest BCUT2D eigenvalue weighted by molar-refractivity contribution is -0.131. The maximum atomic E-state index is 12.1. The number of aliphatic hydroxyl groups is 1. The van der Waals surface area contributed by atoms with Crippen molar-refractivity contribution in [1.29, 1.82) is 0 Å². The summed E-state index contributed by atoms with van der Waals surface area (Å²) in [4.78, 5) is 16.0. The molecule has 4 nitrogen and oxygen atoms in total. The van der Waals surface area contributed by atoms with E-state index in [2.05, 4.69) is 18.1 Å². The van der Waals surface area contributed by atoms with Crippen LogP contribution in [0.3, 0.4) is 0 Å². The summed E-state index contributed by atoms with van der Waals surface area (Å²) >= 11 is 0. The lowest BCUT2D eigenvalue weighted by Crippen LogP contribution is -2.39. The monoisotopic (exact) mass is 252 g/mol. The molecule has 0 aliphatic carbocycles. The Bertz CT molecular complexity index is 282. The van der Waals surface area contributed by atoms with Crippen molar-refractivity contribution in [2.75, 3.05) is 39.3 Å². The van der Waals surface area contributed by atoms with Gasteiger partial charge in [-0.15, -0.1) is 13.2 Å². The Morgan fingerprint density at radius 1 is 1.39 bits per heavy atom. The van der Waals surface area contributed by atoms with E-state index in [1.54, 1.807) is 17.1 Å². The van der Waals surface area contributed by atoms with Crippen LogP contribution in [0.5, 0.6) is 0 Å². The molecular formula is C14H24N2O2. The molecule has 1 rings (SSSR count). The highest BCUT2D eigenvalue weighted by atomic mass is 16.3. The minimum Gasteiger partial charge on any atom is -0.396 e. The van der Waals surface area contributed by atoms with Crippen LogP contribution < -0.4 is 0 Å². The van der Waals surface area contributed by atoms with E-state index in [-0.39, 0.29) is 12.5 Å². The Kier molecular flexibility index (Phi) is 6.68. The molecule has 1 saturated heterocycles. The van der Waals surface area contributed by atoms with Gasteiger partial charge in [0, 0.05) is 26.2 Å². The molecule has 1 N–H and O–H groups in total.